The number of hydroxylamine groups is 2. The van der Waals surface area contributed by atoms with Crippen LogP contribution in [0, 0.1) is 0 Å². The van der Waals surface area contributed by atoms with Crippen LogP contribution in [-0.4, -0.2) is 66.4 Å². The van der Waals surface area contributed by atoms with Gasteiger partial charge in [-0.05, 0) is 41.5 Å². The van der Waals surface area contributed by atoms with Crippen molar-refractivity contribution in [3.05, 3.63) is 77.8 Å². The average Bonchev–Trinajstić information content (AvgIpc) is 2.77. The Morgan fingerprint density at radius 1 is 0.933 bits per heavy atom. The van der Waals surface area contributed by atoms with Crippen LogP contribution in [0.5, 0.6) is 11.5 Å². The van der Waals surface area contributed by atoms with Crippen LogP contribution in [0.1, 0.15) is 5.56 Å². The molecule has 1 saturated heterocycles. The molecule has 0 aliphatic carbocycles. The third-order valence-corrected chi connectivity index (χ3v) is 5.36. The van der Waals surface area contributed by atoms with Crippen LogP contribution in [0.15, 0.2) is 72.2 Å². The zero-order valence-electron chi connectivity index (χ0n) is 17.1. The average molecular weight is 407 g/mol. The van der Waals surface area contributed by atoms with Crippen molar-refractivity contribution in [1.29, 1.82) is 0 Å². The highest BCUT2D eigenvalue weighted by atomic mass is 16.5. The van der Waals surface area contributed by atoms with Crippen molar-refractivity contribution in [2.75, 3.05) is 40.4 Å². The zero-order chi connectivity index (χ0) is 21.1. The van der Waals surface area contributed by atoms with Gasteiger partial charge >= 0.3 is 0 Å². The van der Waals surface area contributed by atoms with Crippen LogP contribution < -0.4 is 9.47 Å². The number of ether oxygens (including phenoxy) is 2. The molecule has 3 aliphatic heterocycles. The first-order valence-electron chi connectivity index (χ1n) is 9.83. The maximum atomic E-state index is 13.1. The Morgan fingerprint density at radius 3 is 2.40 bits per heavy atom. The highest BCUT2D eigenvalue weighted by Crippen LogP contribution is 2.32. The Morgan fingerprint density at radius 2 is 1.67 bits per heavy atom. The molecular formula is C23H25N3O4. The van der Waals surface area contributed by atoms with Crippen molar-refractivity contribution in [2.24, 2.45) is 0 Å². The molecule has 7 heteroatoms. The lowest BCUT2D eigenvalue weighted by Gasteiger charge is -2.35. The number of nitrogens with zero attached hydrogens (tertiary/aromatic N) is 3. The first kappa shape index (κ1) is 20.0. The standard InChI is InChI=1S/C23H25N3O4/c1-29-21-9-6-18(14-22(21)30-2)17-4-3-5-19-7-8-20(16-26(19)23(27)15-17)24-10-12-25(28)13-11-24/h3-9,14-16,28H,10-13H2,1-2H3/b4-3?,17-15?,19-5+. The summed E-state index contributed by atoms with van der Waals surface area (Å²) in [6.07, 6.45) is 13.2. The number of piperazine rings is 1. The van der Waals surface area contributed by atoms with Crippen molar-refractivity contribution >= 4 is 11.5 Å². The number of amides is 1. The first-order chi connectivity index (χ1) is 14.6. The number of allylic oxidation sites excluding steroid dienone is 6. The molecule has 1 aromatic carbocycles. The van der Waals surface area contributed by atoms with E-state index in [2.05, 4.69) is 4.90 Å². The molecule has 1 amide bonds. The topological polar surface area (TPSA) is 65.5 Å². The van der Waals surface area contributed by atoms with E-state index in [1.54, 1.807) is 25.2 Å². The fourth-order valence-corrected chi connectivity index (χ4v) is 3.67. The van der Waals surface area contributed by atoms with Gasteiger partial charge in [-0.25, -0.2) is 0 Å². The van der Waals surface area contributed by atoms with Crippen LogP contribution in [0.3, 0.4) is 0 Å². The van der Waals surface area contributed by atoms with Gasteiger partial charge in [0.1, 0.15) is 0 Å². The van der Waals surface area contributed by atoms with E-state index in [9.17, 15) is 10.0 Å². The van der Waals surface area contributed by atoms with E-state index in [4.69, 9.17) is 9.47 Å². The Balaban J connectivity index is 1.63. The Kier molecular flexibility index (Phi) is 5.74. The predicted octanol–water partition coefficient (Wildman–Crippen LogP) is 2.79. The molecule has 4 rings (SSSR count). The van der Waals surface area contributed by atoms with E-state index in [0.29, 0.717) is 37.7 Å². The van der Waals surface area contributed by atoms with Crippen LogP contribution >= 0.6 is 0 Å². The van der Waals surface area contributed by atoms with Gasteiger partial charge in [0, 0.05) is 44.2 Å². The quantitative estimate of drug-likeness (QED) is 0.828. The minimum atomic E-state index is -0.127. The summed E-state index contributed by atoms with van der Waals surface area (Å²) < 4.78 is 10.7. The maximum absolute atomic E-state index is 13.1. The fraction of sp³-hybridized carbons (Fsp3) is 0.261. The fourth-order valence-electron chi connectivity index (χ4n) is 3.67. The number of hydrogen-bond donors (Lipinski definition) is 1. The lowest BCUT2D eigenvalue weighted by molar-refractivity contribution is -0.122. The largest absolute Gasteiger partial charge is 0.493 e. The van der Waals surface area contributed by atoms with Gasteiger partial charge in [-0.15, -0.1) is 0 Å². The van der Waals surface area contributed by atoms with Gasteiger partial charge < -0.3 is 19.6 Å². The molecule has 1 aromatic rings. The van der Waals surface area contributed by atoms with Gasteiger partial charge in [0.25, 0.3) is 5.91 Å². The van der Waals surface area contributed by atoms with Crippen molar-refractivity contribution in [3.63, 3.8) is 0 Å². The van der Waals surface area contributed by atoms with Crippen molar-refractivity contribution < 1.29 is 19.5 Å². The number of rotatable bonds is 4. The van der Waals surface area contributed by atoms with Gasteiger partial charge in [0.2, 0.25) is 0 Å². The highest BCUT2D eigenvalue weighted by molar-refractivity contribution is 6.00. The second kappa shape index (κ2) is 8.61. The van der Waals surface area contributed by atoms with Gasteiger partial charge in [0.05, 0.1) is 19.9 Å². The molecule has 0 radical (unpaired) electrons. The third-order valence-electron chi connectivity index (χ3n) is 5.36. The Hall–Kier alpha value is -3.29. The van der Waals surface area contributed by atoms with Gasteiger partial charge in [-0.2, -0.15) is 5.06 Å². The van der Waals surface area contributed by atoms with E-state index in [1.165, 1.54) is 5.06 Å². The molecule has 156 valence electrons. The van der Waals surface area contributed by atoms with Crippen LogP contribution in [0.25, 0.3) is 5.57 Å². The Bertz CT molecular complexity index is 982. The molecule has 3 aliphatic rings. The summed E-state index contributed by atoms with van der Waals surface area (Å²) >= 11 is 0. The minimum absolute atomic E-state index is 0.127. The van der Waals surface area contributed by atoms with E-state index in [0.717, 1.165) is 22.5 Å². The molecule has 3 heterocycles. The van der Waals surface area contributed by atoms with Crippen molar-refractivity contribution in [1.82, 2.24) is 14.9 Å². The van der Waals surface area contributed by atoms with Gasteiger partial charge in [0.15, 0.2) is 11.5 Å². The second-order valence-corrected chi connectivity index (χ2v) is 7.16. The number of carbonyl (C=O) groups is 1. The molecule has 1 N–H and O–H groups in total. The SMILES string of the molecule is COc1ccc(C2=CC(=O)N3C=C(N4CCN(O)CC4)C=C/C3=C\C=C2)cc1OC. The Labute approximate surface area is 176 Å². The highest BCUT2D eigenvalue weighted by Gasteiger charge is 2.23. The lowest BCUT2D eigenvalue weighted by atomic mass is 10.0. The summed E-state index contributed by atoms with van der Waals surface area (Å²) in [6.45, 7) is 2.57. The van der Waals surface area contributed by atoms with E-state index < -0.39 is 0 Å². The molecule has 7 nitrogen and oxygen atoms in total. The number of methoxy groups -OCH3 is 2. The summed E-state index contributed by atoms with van der Waals surface area (Å²) in [7, 11) is 3.18. The van der Waals surface area contributed by atoms with Gasteiger partial charge in [-0.1, -0.05) is 18.2 Å². The molecule has 0 bridgehead atoms. The molecule has 0 saturated carbocycles. The molecule has 0 unspecified atom stereocenters. The molecular weight excluding hydrogens is 382 g/mol. The van der Waals surface area contributed by atoms with E-state index in [1.807, 2.05) is 54.8 Å². The number of fused-ring (bicyclic) bond motifs is 1. The van der Waals surface area contributed by atoms with Crippen LogP contribution in [0.4, 0.5) is 0 Å². The molecule has 0 spiro atoms. The number of hydrogen-bond acceptors (Lipinski definition) is 6. The first-order valence-corrected chi connectivity index (χ1v) is 9.83. The zero-order valence-corrected chi connectivity index (χ0v) is 17.1. The van der Waals surface area contributed by atoms with Crippen molar-refractivity contribution in [2.45, 2.75) is 0 Å². The summed E-state index contributed by atoms with van der Waals surface area (Å²) in [6, 6.07) is 5.60. The van der Waals surface area contributed by atoms with E-state index in [-0.39, 0.29) is 5.91 Å². The number of carbonyl (C=O) groups excluding carboxylic acids is 1. The monoisotopic (exact) mass is 407 g/mol. The van der Waals surface area contributed by atoms with Gasteiger partial charge in [-0.3, -0.25) is 9.69 Å². The van der Waals surface area contributed by atoms with Crippen LogP contribution in [0.2, 0.25) is 0 Å². The summed E-state index contributed by atoms with van der Waals surface area (Å²) in [5.74, 6) is 1.13. The molecule has 0 atom stereocenters. The normalized spacial score (nSPS) is 21.2. The summed E-state index contributed by atoms with van der Waals surface area (Å²) in [4.78, 5) is 16.9. The second-order valence-electron chi connectivity index (χ2n) is 7.16. The van der Waals surface area contributed by atoms with E-state index >= 15 is 0 Å². The third kappa shape index (κ3) is 4.03. The summed E-state index contributed by atoms with van der Waals surface area (Å²) in [5, 5.41) is 10.9. The van der Waals surface area contributed by atoms with Crippen LogP contribution in [-0.2, 0) is 4.79 Å². The smallest absolute Gasteiger partial charge is 0.255 e. The lowest BCUT2D eigenvalue weighted by Crippen LogP contribution is -2.44. The summed E-state index contributed by atoms with van der Waals surface area (Å²) in [5.41, 5.74) is 3.42. The van der Waals surface area contributed by atoms with Crippen molar-refractivity contribution in [3.8, 4) is 11.5 Å². The molecule has 30 heavy (non-hydrogen) atoms. The minimum Gasteiger partial charge on any atom is -0.493 e. The molecule has 1 fully saturated rings. The molecule has 0 aromatic heterocycles. The predicted molar refractivity (Wildman–Crippen MR) is 114 cm³/mol. The number of benzene rings is 1. The maximum Gasteiger partial charge on any atom is 0.255 e.